The maximum Gasteiger partial charge on any atom is 0.348 e. The van der Waals surface area contributed by atoms with Gasteiger partial charge in [0.1, 0.15) is 24.0 Å². The fourth-order valence-electron chi connectivity index (χ4n) is 4.07. The molecule has 0 saturated carbocycles. The zero-order valence-corrected chi connectivity index (χ0v) is 23.3. The monoisotopic (exact) mass is 575 g/mol. The number of halogens is 4. The van der Waals surface area contributed by atoms with E-state index in [1.165, 1.54) is 27.8 Å². The number of hydrogen-bond acceptors (Lipinski definition) is 7. The van der Waals surface area contributed by atoms with Crippen LogP contribution < -0.4 is 15.9 Å². The normalized spacial score (nSPS) is 11.7. The summed E-state index contributed by atoms with van der Waals surface area (Å²) in [6.45, 7) is 3.23. The van der Waals surface area contributed by atoms with E-state index in [9.17, 15) is 22.8 Å². The van der Waals surface area contributed by atoms with Gasteiger partial charge in [-0.2, -0.15) is 4.98 Å². The molecule has 4 rings (SSSR count). The van der Waals surface area contributed by atoms with Gasteiger partial charge in [-0.1, -0.05) is 18.2 Å². The number of rotatable bonds is 8. The van der Waals surface area contributed by atoms with E-state index in [1.54, 1.807) is 52.2 Å². The molecule has 0 aliphatic heterocycles. The van der Waals surface area contributed by atoms with Crippen molar-refractivity contribution in [1.29, 1.82) is 0 Å². The molecule has 1 amide bonds. The molecule has 40 heavy (non-hydrogen) atoms. The predicted octanol–water partition coefficient (Wildman–Crippen LogP) is 5.02. The number of aryl methyl sites for hydroxylation is 1. The van der Waals surface area contributed by atoms with E-state index in [0.29, 0.717) is 33.9 Å². The maximum absolute atomic E-state index is 14.8. The number of amides is 1. The average molecular weight is 576 g/mol. The van der Waals surface area contributed by atoms with Crippen molar-refractivity contribution >= 4 is 46.4 Å². The van der Waals surface area contributed by atoms with Gasteiger partial charge in [0, 0.05) is 44.0 Å². The average Bonchev–Trinajstić information content (AvgIpc) is 2.89. The molecule has 1 N–H and O–H groups in total. The van der Waals surface area contributed by atoms with E-state index < -0.39 is 29.5 Å². The summed E-state index contributed by atoms with van der Waals surface area (Å²) in [5.74, 6) is -0.334. The molecule has 9 nitrogen and oxygen atoms in total. The van der Waals surface area contributed by atoms with Crippen LogP contribution in [0.5, 0.6) is 0 Å². The molecule has 0 radical (unpaired) electrons. The Balaban J connectivity index is 0.00000441. The summed E-state index contributed by atoms with van der Waals surface area (Å²) in [5.41, 5.74) is 0.760. The van der Waals surface area contributed by atoms with Crippen LogP contribution in [-0.4, -0.2) is 51.5 Å². The molecule has 0 spiro atoms. The van der Waals surface area contributed by atoms with Gasteiger partial charge in [0.15, 0.2) is 0 Å². The SMILES string of the molecule is Cc1nc(N[C@H](C)c2cccc(C(F)F)c2F)c2cc(N(C)c3cnc(=O)n(CC(=O)N(C)C)c3)ccc2n1.Cl. The van der Waals surface area contributed by atoms with Gasteiger partial charge in [0.05, 0.1) is 29.0 Å². The summed E-state index contributed by atoms with van der Waals surface area (Å²) >= 11 is 0. The lowest BCUT2D eigenvalue weighted by Crippen LogP contribution is -2.32. The summed E-state index contributed by atoms with van der Waals surface area (Å²) in [6.07, 6.45) is 0.0312. The Morgan fingerprint density at radius 1 is 1.07 bits per heavy atom. The number of aromatic nitrogens is 4. The number of carbonyl (C=O) groups excluding carboxylic acids is 1. The Hall–Kier alpha value is -4.19. The fraction of sp³-hybridized carbons (Fsp3) is 0.296. The fourth-order valence-corrected chi connectivity index (χ4v) is 4.07. The first-order valence-corrected chi connectivity index (χ1v) is 12.1. The lowest BCUT2D eigenvalue weighted by molar-refractivity contribution is -0.129. The number of likely N-dealkylation sites (N-methyl/N-ethyl adjacent to an activating group) is 1. The van der Waals surface area contributed by atoms with Gasteiger partial charge in [-0.05, 0) is 32.0 Å². The molecule has 4 aromatic rings. The molecule has 0 fully saturated rings. The highest BCUT2D eigenvalue weighted by molar-refractivity contribution is 5.92. The van der Waals surface area contributed by atoms with Gasteiger partial charge in [-0.15, -0.1) is 12.4 Å². The third-order valence-corrected chi connectivity index (χ3v) is 6.32. The molecule has 1 atom stereocenters. The minimum absolute atomic E-state index is 0. The van der Waals surface area contributed by atoms with Crippen LogP contribution in [0.1, 0.15) is 36.3 Å². The Labute approximate surface area is 235 Å². The largest absolute Gasteiger partial charge is 0.363 e. The van der Waals surface area contributed by atoms with Crippen molar-refractivity contribution in [2.75, 3.05) is 31.4 Å². The highest BCUT2D eigenvalue weighted by Gasteiger charge is 2.21. The van der Waals surface area contributed by atoms with Crippen LogP contribution in [-0.2, 0) is 11.3 Å². The van der Waals surface area contributed by atoms with Crippen LogP contribution in [0.25, 0.3) is 10.9 Å². The zero-order chi connectivity index (χ0) is 28.4. The molecule has 212 valence electrons. The minimum Gasteiger partial charge on any atom is -0.363 e. The number of carbonyl (C=O) groups is 1. The van der Waals surface area contributed by atoms with E-state index in [2.05, 4.69) is 20.3 Å². The van der Waals surface area contributed by atoms with Gasteiger partial charge < -0.3 is 15.1 Å². The van der Waals surface area contributed by atoms with Gasteiger partial charge in [0.2, 0.25) is 5.91 Å². The number of nitrogens with zero attached hydrogens (tertiary/aromatic N) is 6. The summed E-state index contributed by atoms with van der Waals surface area (Å²) in [5, 5.41) is 3.77. The molecule has 0 aliphatic rings. The van der Waals surface area contributed by atoms with Crippen LogP contribution in [0.3, 0.4) is 0 Å². The molecule has 2 aromatic heterocycles. The predicted molar refractivity (Wildman–Crippen MR) is 150 cm³/mol. The molecular formula is C27H29ClF3N7O2. The van der Waals surface area contributed by atoms with Crippen LogP contribution in [0.2, 0.25) is 0 Å². The molecular weight excluding hydrogens is 547 g/mol. The molecule has 2 aromatic carbocycles. The number of fused-ring (bicyclic) bond motifs is 1. The van der Waals surface area contributed by atoms with Crippen LogP contribution in [0, 0.1) is 12.7 Å². The molecule has 0 aliphatic carbocycles. The van der Waals surface area contributed by atoms with Gasteiger partial charge in [-0.3, -0.25) is 9.36 Å². The number of benzene rings is 2. The molecule has 13 heteroatoms. The van der Waals surface area contributed by atoms with Gasteiger partial charge in [0.25, 0.3) is 6.43 Å². The van der Waals surface area contributed by atoms with E-state index in [4.69, 9.17) is 0 Å². The Morgan fingerprint density at radius 3 is 2.45 bits per heavy atom. The van der Waals surface area contributed by atoms with E-state index in [-0.39, 0.29) is 30.4 Å². The third kappa shape index (κ3) is 6.33. The van der Waals surface area contributed by atoms with Gasteiger partial charge in [-0.25, -0.2) is 27.9 Å². The molecule has 2 heterocycles. The summed E-state index contributed by atoms with van der Waals surface area (Å²) in [7, 11) is 4.98. The number of anilines is 3. The summed E-state index contributed by atoms with van der Waals surface area (Å²) < 4.78 is 42.5. The van der Waals surface area contributed by atoms with E-state index >= 15 is 0 Å². The summed E-state index contributed by atoms with van der Waals surface area (Å²) in [6, 6.07) is 8.68. The van der Waals surface area contributed by atoms with E-state index in [1.807, 2.05) is 12.1 Å². The highest BCUT2D eigenvalue weighted by atomic mass is 35.5. The first-order valence-electron chi connectivity index (χ1n) is 12.1. The molecule has 0 saturated heterocycles. The zero-order valence-electron chi connectivity index (χ0n) is 22.5. The molecule has 0 bridgehead atoms. The minimum atomic E-state index is -2.93. The van der Waals surface area contributed by atoms with Crippen LogP contribution >= 0.6 is 12.4 Å². The maximum atomic E-state index is 14.8. The van der Waals surface area contributed by atoms with Crippen molar-refractivity contribution < 1.29 is 18.0 Å². The van der Waals surface area contributed by atoms with Crippen molar-refractivity contribution in [1.82, 2.24) is 24.4 Å². The second kappa shape index (κ2) is 12.3. The lowest BCUT2D eigenvalue weighted by atomic mass is 10.0. The molecule has 0 unspecified atom stereocenters. The topological polar surface area (TPSA) is 96.2 Å². The Kier molecular flexibility index (Phi) is 9.36. The van der Waals surface area contributed by atoms with Crippen LogP contribution in [0.15, 0.2) is 53.6 Å². The third-order valence-electron chi connectivity index (χ3n) is 6.32. The van der Waals surface area contributed by atoms with Crippen molar-refractivity contribution in [2.24, 2.45) is 0 Å². The smallest absolute Gasteiger partial charge is 0.348 e. The van der Waals surface area contributed by atoms with Crippen LogP contribution in [0.4, 0.5) is 30.4 Å². The number of nitrogens with one attached hydrogen (secondary N) is 1. The Morgan fingerprint density at radius 2 is 1.77 bits per heavy atom. The van der Waals surface area contributed by atoms with Crippen molar-refractivity contribution in [3.05, 3.63) is 82.0 Å². The quantitative estimate of drug-likeness (QED) is 0.315. The summed E-state index contributed by atoms with van der Waals surface area (Å²) in [4.78, 5) is 40.4. The van der Waals surface area contributed by atoms with E-state index in [0.717, 1.165) is 6.07 Å². The van der Waals surface area contributed by atoms with Crippen molar-refractivity contribution in [3.8, 4) is 0 Å². The highest BCUT2D eigenvalue weighted by Crippen LogP contribution is 2.32. The first-order chi connectivity index (χ1) is 18.5. The number of alkyl halides is 2. The van der Waals surface area contributed by atoms with Gasteiger partial charge >= 0.3 is 5.69 Å². The standard InChI is InChI=1S/C27H28F3N7O2.ClH/c1-15(19-7-6-8-20(24(19)28)25(29)30)32-26-21-11-17(9-10-22(21)33-16(2)34-26)36(5)18-12-31-27(39)37(13-18)14-23(38)35(3)4;/h6-13,15,25H,14H2,1-5H3,(H,32,33,34);1H/t15-;/m1./s1. The van der Waals surface area contributed by atoms with Crippen molar-refractivity contribution in [2.45, 2.75) is 32.9 Å². The second-order valence-corrected chi connectivity index (χ2v) is 9.31. The van der Waals surface area contributed by atoms with Crippen molar-refractivity contribution in [3.63, 3.8) is 0 Å². The number of hydrogen-bond donors (Lipinski definition) is 1. The lowest BCUT2D eigenvalue weighted by Gasteiger charge is -2.22. The first kappa shape index (κ1) is 30.4. The Bertz CT molecular complexity index is 1600. The second-order valence-electron chi connectivity index (χ2n) is 9.31.